The van der Waals surface area contributed by atoms with Crippen LogP contribution in [0.1, 0.15) is 6.92 Å². The normalized spacial score (nSPS) is 12.1. The van der Waals surface area contributed by atoms with Gasteiger partial charge in [0.25, 0.3) is 0 Å². The second-order valence-electron chi connectivity index (χ2n) is 3.80. The number of nitrogens with zero attached hydrogens (tertiary/aromatic N) is 1. The van der Waals surface area contributed by atoms with Gasteiger partial charge in [0.2, 0.25) is 10.0 Å². The Morgan fingerprint density at radius 3 is 2.63 bits per heavy atom. The molecule has 1 rings (SSSR count). The minimum Gasteiger partial charge on any atom is -0.399 e. The highest BCUT2D eigenvalue weighted by molar-refractivity contribution is 9.10. The summed E-state index contributed by atoms with van der Waals surface area (Å²) in [5, 5.41) is 0. The number of rotatable bonds is 6. The number of nitrogens with two attached hydrogens (primary N) is 1. The molecule has 2 N–H and O–H groups in total. The van der Waals surface area contributed by atoms with E-state index >= 15 is 0 Å². The Hall–Kier alpha value is -0.700. The lowest BCUT2D eigenvalue weighted by atomic mass is 10.3. The van der Waals surface area contributed by atoms with E-state index in [1.54, 1.807) is 6.92 Å². The van der Waals surface area contributed by atoms with Crippen LogP contribution in [-0.2, 0) is 14.8 Å². The maximum Gasteiger partial charge on any atom is 0.246 e. The van der Waals surface area contributed by atoms with Crippen LogP contribution in [0.2, 0.25) is 0 Å². The first-order valence-corrected chi connectivity index (χ1v) is 7.81. The van der Waals surface area contributed by atoms with Crippen LogP contribution in [0.5, 0.6) is 0 Å². The smallest absolute Gasteiger partial charge is 0.246 e. The second-order valence-corrected chi connectivity index (χ2v) is 6.57. The van der Waals surface area contributed by atoms with E-state index in [1.165, 1.54) is 13.2 Å². The second kappa shape index (κ2) is 6.65. The molecule has 108 valence electrons. The van der Waals surface area contributed by atoms with Crippen molar-refractivity contribution in [3.63, 3.8) is 0 Å². The molecule has 0 aromatic heterocycles. The molecule has 0 saturated carbocycles. The van der Waals surface area contributed by atoms with E-state index in [9.17, 15) is 12.8 Å². The molecule has 0 spiro atoms. The first-order valence-electron chi connectivity index (χ1n) is 5.58. The minimum absolute atomic E-state index is 0.0221. The standard InChI is InChI=1S/C11H16BrFN2O3S/c1-3-15(4-5-18-2)19(16,17)10-7-8(14)6-9(12)11(10)13/h6-7H,3-5,14H2,1-2H3. The first-order chi connectivity index (χ1) is 8.84. The van der Waals surface area contributed by atoms with Crippen molar-refractivity contribution in [2.45, 2.75) is 11.8 Å². The number of ether oxygens (including phenoxy) is 1. The van der Waals surface area contributed by atoms with Gasteiger partial charge in [-0.25, -0.2) is 12.8 Å². The topological polar surface area (TPSA) is 72.6 Å². The van der Waals surface area contributed by atoms with Crippen molar-refractivity contribution in [3.05, 3.63) is 22.4 Å². The Balaban J connectivity index is 3.25. The predicted octanol–water partition coefficient (Wildman–Crippen LogP) is 1.83. The monoisotopic (exact) mass is 354 g/mol. The molecule has 1 aromatic carbocycles. The molecule has 0 bridgehead atoms. The van der Waals surface area contributed by atoms with Crippen LogP contribution in [0.4, 0.5) is 10.1 Å². The quantitative estimate of drug-likeness (QED) is 0.791. The van der Waals surface area contributed by atoms with Gasteiger partial charge in [0, 0.05) is 25.9 Å². The van der Waals surface area contributed by atoms with Crippen LogP contribution in [0.25, 0.3) is 0 Å². The van der Waals surface area contributed by atoms with E-state index in [2.05, 4.69) is 15.9 Å². The van der Waals surface area contributed by atoms with E-state index in [1.807, 2.05) is 0 Å². The van der Waals surface area contributed by atoms with Gasteiger partial charge in [-0.3, -0.25) is 0 Å². The molecule has 1 aromatic rings. The fourth-order valence-electron chi connectivity index (χ4n) is 1.55. The third-order valence-corrected chi connectivity index (χ3v) is 5.08. The SMILES string of the molecule is CCN(CCOC)S(=O)(=O)c1cc(N)cc(Br)c1F. The molecule has 0 atom stereocenters. The molecule has 5 nitrogen and oxygen atoms in total. The zero-order chi connectivity index (χ0) is 14.6. The Morgan fingerprint density at radius 2 is 2.11 bits per heavy atom. The number of likely N-dealkylation sites (N-methyl/N-ethyl adjacent to an activating group) is 1. The van der Waals surface area contributed by atoms with Gasteiger partial charge in [0.05, 0.1) is 11.1 Å². The molecular formula is C11H16BrFN2O3S. The molecule has 0 aliphatic heterocycles. The first kappa shape index (κ1) is 16.4. The zero-order valence-electron chi connectivity index (χ0n) is 10.7. The van der Waals surface area contributed by atoms with Crippen LogP contribution in [0.3, 0.4) is 0 Å². The molecule has 0 saturated heterocycles. The van der Waals surface area contributed by atoms with E-state index in [0.29, 0.717) is 0 Å². The fourth-order valence-corrected chi connectivity index (χ4v) is 3.72. The lowest BCUT2D eigenvalue weighted by Crippen LogP contribution is -2.34. The number of hydrogen-bond donors (Lipinski definition) is 1. The molecule has 0 amide bonds. The third-order valence-electron chi connectivity index (χ3n) is 2.53. The summed E-state index contributed by atoms with van der Waals surface area (Å²) >= 11 is 2.95. The molecule has 19 heavy (non-hydrogen) atoms. The maximum absolute atomic E-state index is 14.0. The van der Waals surface area contributed by atoms with Gasteiger partial charge in [-0.05, 0) is 28.1 Å². The highest BCUT2D eigenvalue weighted by Crippen LogP contribution is 2.28. The number of hydrogen-bond acceptors (Lipinski definition) is 4. The minimum atomic E-state index is -3.93. The largest absolute Gasteiger partial charge is 0.399 e. The van der Waals surface area contributed by atoms with Crippen LogP contribution in [0.15, 0.2) is 21.5 Å². The summed E-state index contributed by atoms with van der Waals surface area (Å²) in [6.07, 6.45) is 0. The van der Waals surface area contributed by atoms with Gasteiger partial charge >= 0.3 is 0 Å². The molecule has 8 heteroatoms. The van der Waals surface area contributed by atoms with E-state index in [-0.39, 0.29) is 29.9 Å². The van der Waals surface area contributed by atoms with Crippen molar-refractivity contribution in [2.75, 3.05) is 32.5 Å². The van der Waals surface area contributed by atoms with Gasteiger partial charge in [-0.2, -0.15) is 4.31 Å². The van der Waals surface area contributed by atoms with Gasteiger partial charge in [0.1, 0.15) is 4.90 Å². The van der Waals surface area contributed by atoms with Gasteiger partial charge in [-0.15, -0.1) is 0 Å². The fraction of sp³-hybridized carbons (Fsp3) is 0.455. The van der Waals surface area contributed by atoms with Crippen molar-refractivity contribution in [1.29, 1.82) is 0 Å². The number of anilines is 1. The van der Waals surface area contributed by atoms with Crippen molar-refractivity contribution in [3.8, 4) is 0 Å². The molecule has 0 aliphatic carbocycles. The number of nitrogen functional groups attached to an aromatic ring is 1. The number of sulfonamides is 1. The Morgan fingerprint density at radius 1 is 1.47 bits per heavy atom. The summed E-state index contributed by atoms with van der Waals surface area (Å²) in [6.45, 7) is 2.28. The van der Waals surface area contributed by atoms with Crippen molar-refractivity contribution in [1.82, 2.24) is 4.31 Å². The highest BCUT2D eigenvalue weighted by atomic mass is 79.9. The highest BCUT2D eigenvalue weighted by Gasteiger charge is 2.27. The number of halogens is 2. The number of methoxy groups -OCH3 is 1. The number of benzene rings is 1. The summed E-state index contributed by atoms with van der Waals surface area (Å²) in [6, 6.07) is 2.44. The third kappa shape index (κ3) is 3.65. The van der Waals surface area contributed by atoms with Crippen LogP contribution in [0, 0.1) is 5.82 Å². The summed E-state index contributed by atoms with van der Waals surface area (Å²) in [5.41, 5.74) is 5.74. The van der Waals surface area contributed by atoms with Gasteiger partial charge in [-0.1, -0.05) is 6.92 Å². The molecule has 0 heterocycles. The summed E-state index contributed by atoms with van der Waals surface area (Å²) < 4.78 is 44.7. The average molecular weight is 355 g/mol. The van der Waals surface area contributed by atoms with Crippen LogP contribution < -0.4 is 5.73 Å². The molecule has 0 radical (unpaired) electrons. The lowest BCUT2D eigenvalue weighted by molar-refractivity contribution is 0.180. The van der Waals surface area contributed by atoms with Crippen molar-refractivity contribution < 1.29 is 17.5 Å². The molecule has 0 aliphatic rings. The summed E-state index contributed by atoms with van der Waals surface area (Å²) in [7, 11) is -2.46. The summed E-state index contributed by atoms with van der Waals surface area (Å²) in [5.74, 6) is -0.843. The van der Waals surface area contributed by atoms with Crippen LogP contribution in [-0.4, -0.2) is 39.5 Å². The van der Waals surface area contributed by atoms with Gasteiger partial charge in [0.15, 0.2) is 5.82 Å². The average Bonchev–Trinajstić information content (AvgIpc) is 2.34. The van der Waals surface area contributed by atoms with Crippen molar-refractivity contribution >= 4 is 31.6 Å². The van der Waals surface area contributed by atoms with Crippen molar-refractivity contribution in [2.24, 2.45) is 0 Å². The van der Waals surface area contributed by atoms with E-state index in [4.69, 9.17) is 10.5 Å². The molecular weight excluding hydrogens is 339 g/mol. The molecule has 0 unspecified atom stereocenters. The Kier molecular flexibility index (Phi) is 5.72. The van der Waals surface area contributed by atoms with E-state index < -0.39 is 20.7 Å². The molecule has 0 fully saturated rings. The van der Waals surface area contributed by atoms with E-state index in [0.717, 1.165) is 10.4 Å². The zero-order valence-corrected chi connectivity index (χ0v) is 13.1. The maximum atomic E-state index is 14.0. The summed E-state index contributed by atoms with van der Waals surface area (Å²) in [4.78, 5) is -0.433. The van der Waals surface area contributed by atoms with Gasteiger partial charge < -0.3 is 10.5 Å². The predicted molar refractivity (Wildman–Crippen MR) is 74.8 cm³/mol. The Bertz CT molecular complexity index is 551. The Labute approximate surface area is 120 Å². The lowest BCUT2D eigenvalue weighted by Gasteiger charge is -2.20. The van der Waals surface area contributed by atoms with Crippen LogP contribution >= 0.6 is 15.9 Å².